The lowest BCUT2D eigenvalue weighted by Gasteiger charge is -2.33. The van der Waals surface area contributed by atoms with E-state index in [0.29, 0.717) is 5.92 Å². The van der Waals surface area contributed by atoms with Gasteiger partial charge in [-0.15, -0.1) is 0 Å². The first-order valence-corrected chi connectivity index (χ1v) is 7.34. The molecule has 114 valence electrons. The van der Waals surface area contributed by atoms with Gasteiger partial charge in [-0.3, -0.25) is 4.79 Å². The van der Waals surface area contributed by atoms with Gasteiger partial charge in [0.15, 0.2) is 0 Å². The fourth-order valence-corrected chi connectivity index (χ4v) is 2.85. The smallest absolute Gasteiger partial charge is 0.267 e. The molecule has 0 aromatic carbocycles. The van der Waals surface area contributed by atoms with Crippen molar-refractivity contribution in [1.29, 1.82) is 0 Å². The number of amides is 1. The molecule has 7 heteroatoms. The van der Waals surface area contributed by atoms with Crippen LogP contribution in [0.2, 0.25) is 0 Å². The predicted molar refractivity (Wildman–Crippen MR) is 81.2 cm³/mol. The maximum Gasteiger partial charge on any atom is 0.267 e. The molecule has 0 bridgehead atoms. The molecule has 3 heterocycles. The average Bonchev–Trinajstić information content (AvgIpc) is 2.56. The van der Waals surface area contributed by atoms with Crippen molar-refractivity contribution in [1.82, 2.24) is 19.9 Å². The highest BCUT2D eigenvalue weighted by Crippen LogP contribution is 2.23. The predicted octanol–water partition coefficient (Wildman–Crippen LogP) is 0.825. The molecule has 0 saturated carbocycles. The van der Waals surface area contributed by atoms with Gasteiger partial charge in [-0.2, -0.15) is 0 Å². The third kappa shape index (κ3) is 3.36. The Morgan fingerprint density at radius 3 is 3.00 bits per heavy atom. The molecule has 1 saturated heterocycles. The van der Waals surface area contributed by atoms with E-state index < -0.39 is 5.91 Å². The zero-order chi connectivity index (χ0) is 15.4. The molecular weight excluding hydrogens is 280 g/mol. The number of nitrogens with two attached hydrogens (primary N) is 1. The van der Waals surface area contributed by atoms with E-state index in [1.807, 2.05) is 6.07 Å². The van der Waals surface area contributed by atoms with Crippen LogP contribution in [0.1, 0.15) is 29.0 Å². The van der Waals surface area contributed by atoms with Gasteiger partial charge < -0.3 is 10.6 Å². The number of piperidine rings is 1. The fourth-order valence-electron chi connectivity index (χ4n) is 2.85. The van der Waals surface area contributed by atoms with Crippen molar-refractivity contribution >= 4 is 11.7 Å². The van der Waals surface area contributed by atoms with Crippen molar-refractivity contribution in [3.8, 4) is 0 Å². The quantitative estimate of drug-likeness (QED) is 0.897. The van der Waals surface area contributed by atoms with Crippen LogP contribution in [-0.2, 0) is 6.42 Å². The molecule has 22 heavy (non-hydrogen) atoms. The zero-order valence-electron chi connectivity index (χ0n) is 12.2. The molecule has 0 aliphatic carbocycles. The molecule has 1 aliphatic rings. The second-order valence-corrected chi connectivity index (χ2v) is 5.48. The monoisotopic (exact) mass is 298 g/mol. The molecule has 1 aliphatic heterocycles. The minimum atomic E-state index is -0.519. The summed E-state index contributed by atoms with van der Waals surface area (Å²) in [7, 11) is 0. The Morgan fingerprint density at radius 1 is 1.32 bits per heavy atom. The standard InChI is InChI=1S/C15H18N6O/c16-15(22)13-7-12(18-10-19-13)6-11-2-1-5-21(8-11)14-3-4-17-9-20-14/h3-4,7,9-11H,1-2,5-6,8H2,(H2,16,22)/t11-/m0/s1. The molecule has 0 spiro atoms. The van der Waals surface area contributed by atoms with Crippen molar-refractivity contribution in [3.05, 3.63) is 42.4 Å². The number of primary amides is 1. The van der Waals surface area contributed by atoms with Crippen LogP contribution in [0.5, 0.6) is 0 Å². The zero-order valence-corrected chi connectivity index (χ0v) is 12.2. The van der Waals surface area contributed by atoms with Gasteiger partial charge in [0.05, 0.1) is 0 Å². The number of carbonyl (C=O) groups is 1. The van der Waals surface area contributed by atoms with Gasteiger partial charge in [-0.1, -0.05) is 0 Å². The summed E-state index contributed by atoms with van der Waals surface area (Å²) in [5.41, 5.74) is 6.39. The molecule has 2 N–H and O–H groups in total. The van der Waals surface area contributed by atoms with Gasteiger partial charge in [0, 0.05) is 25.0 Å². The van der Waals surface area contributed by atoms with Gasteiger partial charge in [0.25, 0.3) is 5.91 Å². The van der Waals surface area contributed by atoms with Crippen LogP contribution in [0.3, 0.4) is 0 Å². The molecule has 3 rings (SSSR count). The minimum Gasteiger partial charge on any atom is -0.364 e. The van der Waals surface area contributed by atoms with Crippen LogP contribution in [-0.4, -0.2) is 38.9 Å². The normalized spacial score (nSPS) is 18.2. The van der Waals surface area contributed by atoms with E-state index in [2.05, 4.69) is 24.8 Å². The van der Waals surface area contributed by atoms with Crippen molar-refractivity contribution in [2.75, 3.05) is 18.0 Å². The second kappa shape index (κ2) is 6.46. The summed E-state index contributed by atoms with van der Waals surface area (Å²) >= 11 is 0. The summed E-state index contributed by atoms with van der Waals surface area (Å²) in [6.07, 6.45) is 7.79. The first kappa shape index (κ1) is 14.4. The van der Waals surface area contributed by atoms with Crippen molar-refractivity contribution < 1.29 is 4.79 Å². The maximum atomic E-state index is 11.2. The van der Waals surface area contributed by atoms with Crippen LogP contribution >= 0.6 is 0 Å². The Labute approximate surface area is 128 Å². The Balaban J connectivity index is 1.68. The molecule has 1 amide bonds. The molecule has 2 aromatic heterocycles. The van der Waals surface area contributed by atoms with Crippen LogP contribution in [0, 0.1) is 5.92 Å². The van der Waals surface area contributed by atoms with Gasteiger partial charge in [0.2, 0.25) is 0 Å². The summed E-state index contributed by atoms with van der Waals surface area (Å²) in [5, 5.41) is 0. The molecular formula is C15H18N6O. The lowest BCUT2D eigenvalue weighted by molar-refractivity contribution is 0.0995. The molecule has 0 radical (unpaired) electrons. The Morgan fingerprint density at radius 2 is 2.23 bits per heavy atom. The second-order valence-electron chi connectivity index (χ2n) is 5.48. The summed E-state index contributed by atoms with van der Waals surface area (Å²) in [6, 6.07) is 3.62. The van der Waals surface area contributed by atoms with Gasteiger partial charge in [-0.05, 0) is 37.3 Å². The first-order chi connectivity index (χ1) is 10.7. The summed E-state index contributed by atoms with van der Waals surface area (Å²) in [5.74, 6) is 0.912. The highest BCUT2D eigenvalue weighted by molar-refractivity contribution is 5.90. The first-order valence-electron chi connectivity index (χ1n) is 7.34. The summed E-state index contributed by atoms with van der Waals surface area (Å²) in [4.78, 5) is 29.9. The lowest BCUT2D eigenvalue weighted by atomic mass is 9.93. The molecule has 0 unspecified atom stereocenters. The Bertz CT molecular complexity index is 647. The highest BCUT2D eigenvalue weighted by Gasteiger charge is 2.21. The highest BCUT2D eigenvalue weighted by atomic mass is 16.1. The van der Waals surface area contributed by atoms with Gasteiger partial charge in [-0.25, -0.2) is 19.9 Å². The van der Waals surface area contributed by atoms with Crippen LogP contribution in [0.4, 0.5) is 5.82 Å². The average molecular weight is 298 g/mol. The van der Waals surface area contributed by atoms with E-state index >= 15 is 0 Å². The molecule has 7 nitrogen and oxygen atoms in total. The number of anilines is 1. The molecule has 1 fully saturated rings. The van der Waals surface area contributed by atoms with Gasteiger partial charge in [0.1, 0.15) is 24.2 Å². The third-order valence-electron chi connectivity index (χ3n) is 3.88. The van der Waals surface area contributed by atoms with Crippen LogP contribution in [0.15, 0.2) is 31.0 Å². The maximum absolute atomic E-state index is 11.2. The molecule has 1 atom stereocenters. The van der Waals surface area contributed by atoms with E-state index in [4.69, 9.17) is 5.73 Å². The summed E-state index contributed by atoms with van der Waals surface area (Å²) < 4.78 is 0. The topological polar surface area (TPSA) is 97.9 Å². The van der Waals surface area contributed by atoms with Crippen LogP contribution < -0.4 is 10.6 Å². The number of carbonyl (C=O) groups excluding carboxylic acids is 1. The van der Waals surface area contributed by atoms with Crippen molar-refractivity contribution in [2.24, 2.45) is 11.7 Å². The number of nitrogens with zero attached hydrogens (tertiary/aromatic N) is 5. The Kier molecular flexibility index (Phi) is 4.22. The summed E-state index contributed by atoms with van der Waals surface area (Å²) in [6.45, 7) is 1.93. The SMILES string of the molecule is NC(=O)c1cc(C[C@@H]2CCCN(c3ccncn3)C2)ncn1. The van der Waals surface area contributed by atoms with Crippen molar-refractivity contribution in [2.45, 2.75) is 19.3 Å². The van der Waals surface area contributed by atoms with Crippen molar-refractivity contribution in [3.63, 3.8) is 0 Å². The number of hydrogen-bond donors (Lipinski definition) is 1. The van der Waals surface area contributed by atoms with E-state index in [0.717, 1.165) is 43.9 Å². The number of rotatable bonds is 4. The number of hydrogen-bond acceptors (Lipinski definition) is 6. The fraction of sp³-hybridized carbons (Fsp3) is 0.400. The largest absolute Gasteiger partial charge is 0.364 e. The third-order valence-corrected chi connectivity index (χ3v) is 3.88. The molecule has 2 aromatic rings. The lowest BCUT2D eigenvalue weighted by Crippen LogP contribution is -2.36. The van der Waals surface area contributed by atoms with E-state index in [1.54, 1.807) is 18.6 Å². The van der Waals surface area contributed by atoms with Crippen LogP contribution in [0.25, 0.3) is 0 Å². The van der Waals surface area contributed by atoms with Gasteiger partial charge >= 0.3 is 0 Å². The number of aromatic nitrogens is 4. The van der Waals surface area contributed by atoms with E-state index in [-0.39, 0.29) is 5.69 Å². The Hall–Kier alpha value is -2.57. The van der Waals surface area contributed by atoms with E-state index in [1.165, 1.54) is 6.33 Å². The van der Waals surface area contributed by atoms with E-state index in [9.17, 15) is 4.79 Å². The minimum absolute atomic E-state index is 0.272.